The quantitative estimate of drug-likeness (QED) is 0.306. The van der Waals surface area contributed by atoms with Crippen LogP contribution in [0.1, 0.15) is 33.1 Å². The number of thioether (sulfide) groups is 1. The summed E-state index contributed by atoms with van der Waals surface area (Å²) < 4.78 is 33.0. The van der Waals surface area contributed by atoms with E-state index in [1.807, 2.05) is 42.7 Å². The maximum absolute atomic E-state index is 13.7. The van der Waals surface area contributed by atoms with Gasteiger partial charge < -0.3 is 14.7 Å². The second kappa shape index (κ2) is 10.4. The Morgan fingerprint density at radius 2 is 2.00 bits per heavy atom. The van der Waals surface area contributed by atoms with Crippen LogP contribution in [-0.2, 0) is 14.6 Å². The molecule has 2 unspecified atom stereocenters. The standard InChI is InChI=1S/C24H29NO5S2/c1-4-5-9-18-16-25(19-10-7-6-8-11-19)20-14-22(31-3)21(30-13-12-24(26)27)15-23(20)32(28,29)17(18)2/h6-8,10-15,17-18H,4-5,9,16H2,1-3H3,(H,26,27)/b13-12+. The maximum Gasteiger partial charge on any atom is 0.331 e. The van der Waals surface area contributed by atoms with Crippen LogP contribution < -0.4 is 9.64 Å². The highest BCUT2D eigenvalue weighted by Crippen LogP contribution is 2.45. The summed E-state index contributed by atoms with van der Waals surface area (Å²) >= 11 is 1.42. The van der Waals surface area contributed by atoms with Gasteiger partial charge in [0.1, 0.15) is 5.75 Å². The first kappa shape index (κ1) is 24.2. The molecule has 0 saturated heterocycles. The molecule has 0 aliphatic carbocycles. The SMILES string of the molecule is CCCCC1CN(c2ccccc2)c2cc(SC)c(O/C=C/C(=O)O)cc2S(=O)(=O)C1C. The van der Waals surface area contributed by atoms with Crippen LogP contribution >= 0.6 is 11.8 Å². The number of nitrogens with zero attached hydrogens (tertiary/aromatic N) is 1. The van der Waals surface area contributed by atoms with Gasteiger partial charge in [-0.05, 0) is 43.7 Å². The molecule has 2 aromatic rings. The van der Waals surface area contributed by atoms with Gasteiger partial charge in [-0.2, -0.15) is 0 Å². The van der Waals surface area contributed by atoms with Crippen molar-refractivity contribution in [2.75, 3.05) is 17.7 Å². The molecule has 1 aliphatic rings. The van der Waals surface area contributed by atoms with Gasteiger partial charge in [0.15, 0.2) is 9.84 Å². The minimum atomic E-state index is -3.64. The number of fused-ring (bicyclic) bond motifs is 1. The van der Waals surface area contributed by atoms with E-state index in [-0.39, 0.29) is 10.8 Å². The van der Waals surface area contributed by atoms with Gasteiger partial charge in [-0.1, -0.05) is 38.0 Å². The van der Waals surface area contributed by atoms with Gasteiger partial charge in [0.25, 0.3) is 0 Å². The number of anilines is 2. The van der Waals surface area contributed by atoms with Gasteiger partial charge in [-0.15, -0.1) is 11.8 Å². The predicted molar refractivity (Wildman–Crippen MR) is 129 cm³/mol. The van der Waals surface area contributed by atoms with E-state index < -0.39 is 21.1 Å². The number of ether oxygens (including phenoxy) is 1. The fourth-order valence-corrected chi connectivity index (χ4v) is 6.37. The lowest BCUT2D eigenvalue weighted by atomic mass is 9.97. The monoisotopic (exact) mass is 475 g/mol. The average molecular weight is 476 g/mol. The van der Waals surface area contributed by atoms with Crippen LogP contribution in [0.5, 0.6) is 5.75 Å². The van der Waals surface area contributed by atoms with Gasteiger partial charge in [-0.3, -0.25) is 0 Å². The topological polar surface area (TPSA) is 83.9 Å². The molecule has 1 aliphatic heterocycles. The minimum absolute atomic E-state index is 0.0263. The highest BCUT2D eigenvalue weighted by Gasteiger charge is 2.39. The Labute approximate surface area is 194 Å². The van der Waals surface area contributed by atoms with E-state index in [1.165, 1.54) is 17.8 Å². The third-order valence-corrected chi connectivity index (χ3v) is 8.88. The Hall–Kier alpha value is -2.45. The van der Waals surface area contributed by atoms with Crippen LogP contribution in [-0.4, -0.2) is 37.5 Å². The van der Waals surface area contributed by atoms with E-state index in [1.54, 1.807) is 6.92 Å². The number of para-hydroxylation sites is 1. The lowest BCUT2D eigenvalue weighted by Crippen LogP contribution is -2.31. The van der Waals surface area contributed by atoms with Crippen LogP contribution in [0.4, 0.5) is 11.4 Å². The zero-order valence-electron chi connectivity index (χ0n) is 18.5. The first-order chi connectivity index (χ1) is 15.3. The van der Waals surface area contributed by atoms with Crippen molar-refractivity contribution in [3.8, 4) is 5.75 Å². The molecule has 172 valence electrons. The fraction of sp³-hybridized carbons (Fsp3) is 0.375. The summed E-state index contributed by atoms with van der Waals surface area (Å²) in [5, 5.41) is 8.30. The molecular formula is C24H29NO5S2. The molecule has 3 rings (SSSR count). The average Bonchev–Trinajstić information content (AvgIpc) is 2.86. The highest BCUT2D eigenvalue weighted by atomic mass is 32.2. The summed E-state index contributed by atoms with van der Waals surface area (Å²) in [5.74, 6) is -0.841. The van der Waals surface area contributed by atoms with Crippen LogP contribution in [0, 0.1) is 5.92 Å². The Morgan fingerprint density at radius 1 is 1.28 bits per heavy atom. The van der Waals surface area contributed by atoms with Crippen molar-refractivity contribution in [1.82, 2.24) is 0 Å². The first-order valence-electron chi connectivity index (χ1n) is 10.6. The zero-order chi connectivity index (χ0) is 23.3. The molecule has 0 amide bonds. The number of carboxylic acids is 1. The third kappa shape index (κ3) is 5.13. The minimum Gasteiger partial charge on any atom is -0.478 e. The number of aliphatic carboxylic acids is 1. The number of rotatable bonds is 8. The van der Waals surface area contributed by atoms with E-state index >= 15 is 0 Å². The van der Waals surface area contributed by atoms with E-state index in [0.29, 0.717) is 18.0 Å². The van der Waals surface area contributed by atoms with Crippen molar-refractivity contribution in [2.24, 2.45) is 5.92 Å². The van der Waals surface area contributed by atoms with Crippen molar-refractivity contribution < 1.29 is 23.1 Å². The molecule has 8 heteroatoms. The number of sulfone groups is 1. The molecule has 6 nitrogen and oxygen atoms in total. The van der Waals surface area contributed by atoms with Crippen molar-refractivity contribution in [3.05, 3.63) is 54.8 Å². The maximum atomic E-state index is 13.7. The van der Waals surface area contributed by atoms with Crippen LogP contribution in [0.25, 0.3) is 0 Å². The van der Waals surface area contributed by atoms with Crippen LogP contribution in [0.15, 0.2) is 64.6 Å². The Balaban J connectivity index is 2.20. The third-order valence-electron chi connectivity index (χ3n) is 5.81. The molecule has 0 saturated carbocycles. The predicted octanol–water partition coefficient (Wildman–Crippen LogP) is 5.51. The molecule has 2 aromatic carbocycles. The molecule has 0 fully saturated rings. The van der Waals surface area contributed by atoms with E-state index in [4.69, 9.17) is 9.84 Å². The van der Waals surface area contributed by atoms with Crippen molar-refractivity contribution in [2.45, 2.75) is 48.2 Å². The summed E-state index contributed by atoms with van der Waals surface area (Å²) in [6.45, 7) is 4.50. The summed E-state index contributed by atoms with van der Waals surface area (Å²) in [4.78, 5) is 13.8. The van der Waals surface area contributed by atoms with Gasteiger partial charge in [0.2, 0.25) is 0 Å². The molecule has 1 heterocycles. The van der Waals surface area contributed by atoms with Crippen LogP contribution in [0.2, 0.25) is 0 Å². The van der Waals surface area contributed by atoms with Crippen molar-refractivity contribution >= 4 is 38.9 Å². The molecule has 1 N–H and O–H groups in total. The van der Waals surface area contributed by atoms with Gasteiger partial charge in [-0.25, -0.2) is 13.2 Å². The Kier molecular flexibility index (Phi) is 7.90. The van der Waals surface area contributed by atoms with Crippen LogP contribution in [0.3, 0.4) is 0 Å². The Bertz CT molecular complexity index is 1080. The first-order valence-corrected chi connectivity index (χ1v) is 13.4. The number of hydrogen-bond acceptors (Lipinski definition) is 6. The molecule has 0 aromatic heterocycles. The summed E-state index contributed by atoms with van der Waals surface area (Å²) in [6.07, 6.45) is 6.62. The molecule has 2 atom stereocenters. The van der Waals surface area contributed by atoms with Crippen molar-refractivity contribution in [3.63, 3.8) is 0 Å². The lowest BCUT2D eigenvalue weighted by molar-refractivity contribution is -0.131. The number of carboxylic acid groups (broad SMARTS) is 1. The summed E-state index contributed by atoms with van der Waals surface area (Å²) in [6, 6.07) is 13.2. The normalized spacial score (nSPS) is 20.0. The second-order valence-corrected chi connectivity index (χ2v) is 10.9. The lowest BCUT2D eigenvalue weighted by Gasteiger charge is -2.29. The zero-order valence-corrected chi connectivity index (χ0v) is 20.2. The number of carbonyl (C=O) groups is 1. The van der Waals surface area contributed by atoms with Crippen molar-refractivity contribution in [1.29, 1.82) is 0 Å². The van der Waals surface area contributed by atoms with E-state index in [2.05, 4.69) is 11.8 Å². The van der Waals surface area contributed by atoms with E-state index in [0.717, 1.165) is 42.2 Å². The van der Waals surface area contributed by atoms with Gasteiger partial charge in [0.05, 0.1) is 33.1 Å². The molecule has 0 spiro atoms. The number of hydrogen-bond donors (Lipinski definition) is 1. The van der Waals surface area contributed by atoms with E-state index in [9.17, 15) is 13.2 Å². The molecule has 0 bridgehead atoms. The molecule has 32 heavy (non-hydrogen) atoms. The highest BCUT2D eigenvalue weighted by molar-refractivity contribution is 7.98. The fourth-order valence-electron chi connectivity index (χ4n) is 3.97. The summed E-state index contributed by atoms with van der Waals surface area (Å²) in [5.41, 5.74) is 1.56. The Morgan fingerprint density at radius 3 is 2.62 bits per heavy atom. The van der Waals surface area contributed by atoms with Gasteiger partial charge >= 0.3 is 5.97 Å². The smallest absolute Gasteiger partial charge is 0.331 e. The molecular weight excluding hydrogens is 446 g/mol. The number of unbranched alkanes of at least 4 members (excludes halogenated alkanes) is 1. The second-order valence-electron chi connectivity index (χ2n) is 7.83. The summed E-state index contributed by atoms with van der Waals surface area (Å²) in [7, 11) is -3.64. The largest absolute Gasteiger partial charge is 0.478 e. The number of benzene rings is 2. The molecule has 0 radical (unpaired) electrons. The van der Waals surface area contributed by atoms with Gasteiger partial charge in [0, 0.05) is 18.3 Å².